The Labute approximate surface area is 145 Å². The summed E-state index contributed by atoms with van der Waals surface area (Å²) in [6.07, 6.45) is 3.86. The molecule has 0 aliphatic carbocycles. The van der Waals surface area contributed by atoms with Gasteiger partial charge in [-0.25, -0.2) is 13.9 Å². The topological polar surface area (TPSA) is 50.5 Å². The van der Waals surface area contributed by atoms with E-state index in [2.05, 4.69) is 17.0 Å². The second-order valence-corrected chi connectivity index (χ2v) is 6.64. The van der Waals surface area contributed by atoms with Crippen molar-refractivity contribution in [3.05, 3.63) is 54.1 Å². The van der Waals surface area contributed by atoms with E-state index in [0.29, 0.717) is 17.3 Å². The Kier molecular flexibility index (Phi) is 3.95. The van der Waals surface area contributed by atoms with E-state index in [1.165, 1.54) is 12.1 Å². The van der Waals surface area contributed by atoms with Crippen molar-refractivity contribution < 1.29 is 9.18 Å². The zero-order valence-corrected chi connectivity index (χ0v) is 14.0. The summed E-state index contributed by atoms with van der Waals surface area (Å²) < 4.78 is 14.8. The van der Waals surface area contributed by atoms with E-state index >= 15 is 0 Å². The molecule has 0 radical (unpaired) electrons. The minimum atomic E-state index is -0.287. The number of piperidine rings is 1. The lowest BCUT2D eigenvalue weighted by Gasteiger charge is -2.30. The van der Waals surface area contributed by atoms with Crippen LogP contribution in [-0.4, -0.2) is 38.5 Å². The van der Waals surface area contributed by atoms with E-state index in [1.807, 2.05) is 11.0 Å². The summed E-state index contributed by atoms with van der Waals surface area (Å²) in [5, 5.41) is 4.48. The van der Waals surface area contributed by atoms with Crippen LogP contribution in [0.5, 0.6) is 0 Å². The summed E-state index contributed by atoms with van der Waals surface area (Å²) in [5.74, 6) is 0.175. The molecule has 0 bridgehead atoms. The second-order valence-electron chi connectivity index (χ2n) is 6.64. The van der Waals surface area contributed by atoms with Gasteiger partial charge in [0.2, 0.25) is 0 Å². The van der Waals surface area contributed by atoms with E-state index in [4.69, 9.17) is 0 Å². The Balaban J connectivity index is 1.72. The van der Waals surface area contributed by atoms with Crippen LogP contribution < -0.4 is 0 Å². The molecule has 1 aliphatic heterocycles. The van der Waals surface area contributed by atoms with Gasteiger partial charge < -0.3 is 4.90 Å². The molecule has 0 saturated carbocycles. The number of likely N-dealkylation sites (tertiary alicyclic amines) is 1. The van der Waals surface area contributed by atoms with Crippen LogP contribution in [0.25, 0.3) is 16.9 Å². The highest BCUT2D eigenvalue weighted by molar-refractivity contribution is 5.93. The van der Waals surface area contributed by atoms with Gasteiger partial charge in [-0.2, -0.15) is 5.10 Å². The number of carbonyl (C=O) groups is 1. The van der Waals surface area contributed by atoms with Gasteiger partial charge in [-0.15, -0.1) is 0 Å². The van der Waals surface area contributed by atoms with Gasteiger partial charge in [0.05, 0.1) is 5.69 Å². The first-order valence-corrected chi connectivity index (χ1v) is 8.52. The number of halogens is 1. The molecule has 0 spiro atoms. The molecule has 1 atom stereocenters. The summed E-state index contributed by atoms with van der Waals surface area (Å²) in [4.78, 5) is 19.0. The molecule has 1 aromatic carbocycles. The molecule has 3 aromatic rings. The fraction of sp³-hybridized carbons (Fsp3) is 0.316. The lowest BCUT2D eigenvalue weighted by atomic mass is 10.0. The normalized spacial score (nSPS) is 17.8. The highest BCUT2D eigenvalue weighted by Crippen LogP contribution is 2.22. The summed E-state index contributed by atoms with van der Waals surface area (Å²) >= 11 is 0. The first kappa shape index (κ1) is 15.7. The fourth-order valence-electron chi connectivity index (χ4n) is 3.37. The van der Waals surface area contributed by atoms with Crippen molar-refractivity contribution >= 4 is 11.6 Å². The van der Waals surface area contributed by atoms with Crippen LogP contribution in [0, 0.1) is 11.7 Å². The van der Waals surface area contributed by atoms with Crippen LogP contribution in [-0.2, 0) is 0 Å². The first-order chi connectivity index (χ1) is 12.1. The summed E-state index contributed by atoms with van der Waals surface area (Å²) in [6.45, 7) is 3.71. The molecule has 25 heavy (non-hydrogen) atoms. The van der Waals surface area contributed by atoms with Crippen LogP contribution in [0.3, 0.4) is 0 Å². The molecule has 1 fully saturated rings. The fourth-order valence-corrected chi connectivity index (χ4v) is 3.37. The largest absolute Gasteiger partial charge is 0.337 e. The van der Waals surface area contributed by atoms with Crippen LogP contribution in [0.4, 0.5) is 4.39 Å². The number of amides is 1. The molecule has 4 rings (SSSR count). The van der Waals surface area contributed by atoms with Crippen LogP contribution in [0.15, 0.2) is 42.6 Å². The number of benzene rings is 1. The highest BCUT2D eigenvalue weighted by atomic mass is 19.1. The molecular weight excluding hydrogens is 319 g/mol. The van der Waals surface area contributed by atoms with Crippen molar-refractivity contribution in [2.75, 3.05) is 13.1 Å². The Morgan fingerprint density at radius 3 is 2.80 bits per heavy atom. The van der Waals surface area contributed by atoms with Crippen LogP contribution in [0.1, 0.15) is 30.3 Å². The Morgan fingerprint density at radius 1 is 1.24 bits per heavy atom. The van der Waals surface area contributed by atoms with E-state index in [-0.39, 0.29) is 11.7 Å². The predicted molar refractivity (Wildman–Crippen MR) is 92.7 cm³/mol. The van der Waals surface area contributed by atoms with Gasteiger partial charge in [0.25, 0.3) is 5.91 Å². The van der Waals surface area contributed by atoms with Crippen molar-refractivity contribution in [1.82, 2.24) is 19.5 Å². The van der Waals surface area contributed by atoms with Gasteiger partial charge >= 0.3 is 0 Å². The highest BCUT2D eigenvalue weighted by Gasteiger charge is 2.24. The van der Waals surface area contributed by atoms with Gasteiger partial charge in [-0.05, 0) is 49.1 Å². The average molecular weight is 338 g/mol. The van der Waals surface area contributed by atoms with Gasteiger partial charge in [0.15, 0.2) is 11.3 Å². The average Bonchev–Trinajstić information content (AvgIpc) is 3.06. The quantitative estimate of drug-likeness (QED) is 0.719. The van der Waals surface area contributed by atoms with Crippen molar-refractivity contribution in [1.29, 1.82) is 0 Å². The lowest BCUT2D eigenvalue weighted by Crippen LogP contribution is -2.39. The summed E-state index contributed by atoms with van der Waals surface area (Å²) in [6, 6.07) is 9.73. The van der Waals surface area contributed by atoms with E-state index in [9.17, 15) is 9.18 Å². The van der Waals surface area contributed by atoms with Crippen molar-refractivity contribution in [3.8, 4) is 11.3 Å². The van der Waals surface area contributed by atoms with Crippen molar-refractivity contribution in [2.24, 2.45) is 5.92 Å². The van der Waals surface area contributed by atoms with Crippen LogP contribution in [0.2, 0.25) is 0 Å². The number of hydrogen-bond donors (Lipinski definition) is 0. The van der Waals surface area contributed by atoms with Gasteiger partial charge in [0, 0.05) is 30.9 Å². The number of hydrogen-bond acceptors (Lipinski definition) is 3. The molecule has 1 amide bonds. The number of fused-ring (bicyclic) bond motifs is 1. The maximum absolute atomic E-state index is 13.2. The maximum Gasteiger partial charge on any atom is 0.274 e. The molecule has 1 saturated heterocycles. The zero-order chi connectivity index (χ0) is 17.4. The molecule has 3 heterocycles. The van der Waals surface area contributed by atoms with Gasteiger partial charge in [-0.1, -0.05) is 6.92 Å². The number of rotatable bonds is 2. The molecule has 1 aliphatic rings. The van der Waals surface area contributed by atoms with E-state index in [1.54, 1.807) is 28.9 Å². The third kappa shape index (κ3) is 2.99. The SMILES string of the molecule is C[C@H]1CCCN(C(=O)c2cc3nccc(-c4ccc(F)cc4)n3n2)C1. The second kappa shape index (κ2) is 6.27. The Bertz CT molecular complexity index is 919. The summed E-state index contributed by atoms with van der Waals surface area (Å²) in [7, 11) is 0. The van der Waals surface area contributed by atoms with Crippen molar-refractivity contribution in [3.63, 3.8) is 0 Å². The minimum Gasteiger partial charge on any atom is -0.337 e. The third-order valence-corrected chi connectivity index (χ3v) is 4.66. The lowest BCUT2D eigenvalue weighted by molar-refractivity contribution is 0.0676. The number of nitrogens with zero attached hydrogens (tertiary/aromatic N) is 4. The zero-order valence-electron chi connectivity index (χ0n) is 14.0. The first-order valence-electron chi connectivity index (χ1n) is 8.52. The number of aromatic nitrogens is 3. The molecule has 6 heteroatoms. The maximum atomic E-state index is 13.2. The van der Waals surface area contributed by atoms with Gasteiger partial charge in [0.1, 0.15) is 5.82 Å². The predicted octanol–water partition coefficient (Wildman–Crippen LogP) is 3.41. The third-order valence-electron chi connectivity index (χ3n) is 4.66. The van der Waals surface area contributed by atoms with Gasteiger partial charge in [-0.3, -0.25) is 4.79 Å². The molecule has 0 unspecified atom stereocenters. The summed E-state index contributed by atoms with van der Waals surface area (Å²) in [5.41, 5.74) is 2.60. The van der Waals surface area contributed by atoms with E-state index < -0.39 is 0 Å². The van der Waals surface area contributed by atoms with E-state index in [0.717, 1.165) is 37.2 Å². The molecular formula is C19H19FN4O. The van der Waals surface area contributed by atoms with Crippen molar-refractivity contribution in [2.45, 2.75) is 19.8 Å². The number of carbonyl (C=O) groups excluding carboxylic acids is 1. The Hall–Kier alpha value is -2.76. The van der Waals surface area contributed by atoms with Crippen LogP contribution >= 0.6 is 0 Å². The monoisotopic (exact) mass is 338 g/mol. The molecule has 128 valence electrons. The minimum absolute atomic E-state index is 0.0536. The molecule has 2 aromatic heterocycles. The Morgan fingerprint density at radius 2 is 2.04 bits per heavy atom. The molecule has 0 N–H and O–H groups in total. The standard InChI is InChI=1S/C19H19FN4O/c1-13-3-2-10-23(12-13)19(25)16-11-18-21-9-8-17(24(18)22-16)14-4-6-15(20)7-5-14/h4-9,11,13H,2-3,10,12H2,1H3/t13-/m0/s1. The molecule has 5 nitrogen and oxygen atoms in total. The smallest absolute Gasteiger partial charge is 0.274 e.